The van der Waals surface area contributed by atoms with E-state index < -0.39 is 0 Å². The summed E-state index contributed by atoms with van der Waals surface area (Å²) in [6.07, 6.45) is 2.19. The normalized spacial score (nSPS) is 27.1. The average molecular weight is 226 g/mol. The molecular weight excluding hydrogens is 200 g/mol. The van der Waals surface area contributed by atoms with Crippen LogP contribution in [0.1, 0.15) is 40.5 Å². The van der Waals surface area contributed by atoms with E-state index in [0.29, 0.717) is 17.9 Å². The highest BCUT2D eigenvalue weighted by Crippen LogP contribution is 2.18. The highest BCUT2D eigenvalue weighted by atomic mass is 16.2. The largest absolute Gasteiger partial charge is 0.342 e. The molecule has 1 rings (SSSR count). The van der Waals surface area contributed by atoms with Gasteiger partial charge in [-0.3, -0.25) is 4.79 Å². The lowest BCUT2D eigenvalue weighted by Gasteiger charge is -2.30. The molecule has 3 heteroatoms. The number of nitrogens with one attached hydrogen (secondary N) is 1. The molecule has 1 aliphatic rings. The molecule has 16 heavy (non-hydrogen) atoms. The molecule has 94 valence electrons. The molecule has 0 aliphatic carbocycles. The summed E-state index contributed by atoms with van der Waals surface area (Å²) < 4.78 is 0. The molecule has 0 bridgehead atoms. The van der Waals surface area contributed by atoms with E-state index in [1.807, 2.05) is 11.9 Å². The minimum atomic E-state index is 0.0413. The fraction of sp³-hybridized carbons (Fsp3) is 0.923. The monoisotopic (exact) mass is 226 g/mol. The van der Waals surface area contributed by atoms with Crippen LogP contribution in [0.3, 0.4) is 0 Å². The molecule has 0 spiro atoms. The topological polar surface area (TPSA) is 32.3 Å². The maximum Gasteiger partial charge on any atom is 0.239 e. The van der Waals surface area contributed by atoms with Gasteiger partial charge in [-0.15, -0.1) is 0 Å². The molecule has 0 aromatic rings. The van der Waals surface area contributed by atoms with E-state index in [2.05, 4.69) is 33.0 Å². The van der Waals surface area contributed by atoms with Crippen molar-refractivity contribution in [3.8, 4) is 0 Å². The van der Waals surface area contributed by atoms with Gasteiger partial charge in [-0.05, 0) is 38.1 Å². The first kappa shape index (κ1) is 13.5. The molecule has 1 amide bonds. The van der Waals surface area contributed by atoms with Crippen LogP contribution in [0.4, 0.5) is 0 Å². The summed E-state index contributed by atoms with van der Waals surface area (Å²) in [6, 6.07) is 0.377. The summed E-state index contributed by atoms with van der Waals surface area (Å²) >= 11 is 0. The van der Waals surface area contributed by atoms with Crippen LogP contribution in [0.25, 0.3) is 0 Å². The molecule has 3 nitrogen and oxygen atoms in total. The molecule has 0 aromatic carbocycles. The van der Waals surface area contributed by atoms with Crippen molar-refractivity contribution in [2.45, 2.75) is 52.6 Å². The van der Waals surface area contributed by atoms with Crippen molar-refractivity contribution in [1.29, 1.82) is 0 Å². The summed E-state index contributed by atoms with van der Waals surface area (Å²) in [7, 11) is 1.93. The van der Waals surface area contributed by atoms with E-state index in [0.717, 1.165) is 19.4 Å². The van der Waals surface area contributed by atoms with Crippen LogP contribution in [0.2, 0.25) is 0 Å². The number of hydrogen-bond acceptors (Lipinski definition) is 2. The van der Waals surface area contributed by atoms with E-state index in [1.54, 1.807) is 0 Å². The zero-order chi connectivity index (χ0) is 12.3. The SMILES string of the molecule is CC(C)CC(C)N(C)C(=O)C1NCCC1C. The van der Waals surface area contributed by atoms with Crippen LogP contribution < -0.4 is 5.32 Å². The summed E-state index contributed by atoms with van der Waals surface area (Å²) in [6.45, 7) is 9.67. The Morgan fingerprint density at radius 2 is 2.06 bits per heavy atom. The number of carbonyl (C=O) groups is 1. The third-order valence-electron chi connectivity index (χ3n) is 3.62. The van der Waals surface area contributed by atoms with Crippen LogP contribution in [-0.4, -0.2) is 36.5 Å². The van der Waals surface area contributed by atoms with Gasteiger partial charge in [0.2, 0.25) is 5.91 Å². The van der Waals surface area contributed by atoms with Crippen LogP contribution in [0, 0.1) is 11.8 Å². The smallest absolute Gasteiger partial charge is 0.239 e. The standard InChI is InChI=1S/C13H26N2O/c1-9(2)8-11(4)15(5)13(16)12-10(3)6-7-14-12/h9-12,14H,6-8H2,1-5H3. The second kappa shape index (κ2) is 5.67. The van der Waals surface area contributed by atoms with Gasteiger partial charge in [-0.2, -0.15) is 0 Å². The predicted molar refractivity (Wildman–Crippen MR) is 67.3 cm³/mol. The van der Waals surface area contributed by atoms with E-state index in [1.165, 1.54) is 0 Å². The first-order valence-electron chi connectivity index (χ1n) is 6.43. The van der Waals surface area contributed by atoms with Gasteiger partial charge in [0.05, 0.1) is 6.04 Å². The third-order valence-corrected chi connectivity index (χ3v) is 3.62. The Kier molecular flexibility index (Phi) is 4.78. The number of hydrogen-bond donors (Lipinski definition) is 1. The molecule has 1 saturated heterocycles. The third kappa shape index (κ3) is 3.21. The second-order valence-corrected chi connectivity index (χ2v) is 5.63. The van der Waals surface area contributed by atoms with Crippen LogP contribution in [0.15, 0.2) is 0 Å². The average Bonchev–Trinajstić information content (AvgIpc) is 2.61. The van der Waals surface area contributed by atoms with Crippen molar-refractivity contribution in [2.75, 3.05) is 13.6 Å². The van der Waals surface area contributed by atoms with Crippen molar-refractivity contribution in [1.82, 2.24) is 10.2 Å². The van der Waals surface area contributed by atoms with Gasteiger partial charge < -0.3 is 10.2 Å². The fourth-order valence-corrected chi connectivity index (χ4v) is 2.44. The number of carbonyl (C=O) groups excluding carboxylic acids is 1. The summed E-state index contributed by atoms with van der Waals surface area (Å²) in [5.41, 5.74) is 0. The second-order valence-electron chi connectivity index (χ2n) is 5.63. The summed E-state index contributed by atoms with van der Waals surface area (Å²) in [4.78, 5) is 14.2. The zero-order valence-electron chi connectivity index (χ0n) is 11.3. The van der Waals surface area contributed by atoms with Gasteiger partial charge in [0, 0.05) is 13.1 Å². The maximum atomic E-state index is 12.2. The molecular formula is C13H26N2O. The number of nitrogens with zero attached hydrogens (tertiary/aromatic N) is 1. The minimum Gasteiger partial charge on any atom is -0.342 e. The molecule has 0 aromatic heterocycles. The molecule has 1 fully saturated rings. The van der Waals surface area contributed by atoms with E-state index >= 15 is 0 Å². The van der Waals surface area contributed by atoms with Gasteiger partial charge in [-0.1, -0.05) is 20.8 Å². The van der Waals surface area contributed by atoms with Crippen LogP contribution in [0.5, 0.6) is 0 Å². The highest BCUT2D eigenvalue weighted by Gasteiger charge is 2.32. The van der Waals surface area contributed by atoms with Gasteiger partial charge in [0.1, 0.15) is 0 Å². The quantitative estimate of drug-likeness (QED) is 0.794. The van der Waals surface area contributed by atoms with Crippen molar-refractivity contribution >= 4 is 5.91 Å². The Hall–Kier alpha value is -0.570. The lowest BCUT2D eigenvalue weighted by Crippen LogP contribution is -2.47. The van der Waals surface area contributed by atoms with Gasteiger partial charge in [0.25, 0.3) is 0 Å². The number of amides is 1. The molecule has 1 aliphatic heterocycles. The van der Waals surface area contributed by atoms with Crippen molar-refractivity contribution < 1.29 is 4.79 Å². The van der Waals surface area contributed by atoms with Crippen LogP contribution in [-0.2, 0) is 4.79 Å². The Balaban J connectivity index is 2.52. The Morgan fingerprint density at radius 1 is 1.44 bits per heavy atom. The number of rotatable bonds is 4. The lowest BCUT2D eigenvalue weighted by atomic mass is 10.00. The lowest BCUT2D eigenvalue weighted by molar-refractivity contribution is -0.134. The van der Waals surface area contributed by atoms with Crippen molar-refractivity contribution in [2.24, 2.45) is 11.8 Å². The fourth-order valence-electron chi connectivity index (χ4n) is 2.44. The summed E-state index contributed by atoms with van der Waals surface area (Å²) in [5.74, 6) is 1.37. The Labute approximate surface area is 99.6 Å². The van der Waals surface area contributed by atoms with Crippen LogP contribution >= 0.6 is 0 Å². The molecule has 1 heterocycles. The van der Waals surface area contributed by atoms with Gasteiger partial charge >= 0.3 is 0 Å². The predicted octanol–water partition coefficient (Wildman–Crippen LogP) is 1.88. The highest BCUT2D eigenvalue weighted by molar-refractivity contribution is 5.82. The minimum absolute atomic E-state index is 0.0413. The molecule has 3 unspecified atom stereocenters. The first-order chi connectivity index (χ1) is 7.43. The molecule has 0 radical (unpaired) electrons. The molecule has 3 atom stereocenters. The van der Waals surface area contributed by atoms with Crippen molar-refractivity contribution in [3.05, 3.63) is 0 Å². The Bertz CT molecular complexity index is 240. The van der Waals surface area contributed by atoms with E-state index in [9.17, 15) is 4.79 Å². The van der Waals surface area contributed by atoms with E-state index in [-0.39, 0.29) is 11.9 Å². The van der Waals surface area contributed by atoms with Crippen molar-refractivity contribution in [3.63, 3.8) is 0 Å². The van der Waals surface area contributed by atoms with Gasteiger partial charge in [0.15, 0.2) is 0 Å². The first-order valence-corrected chi connectivity index (χ1v) is 6.43. The Morgan fingerprint density at radius 3 is 2.50 bits per heavy atom. The molecule has 1 N–H and O–H groups in total. The number of likely N-dealkylation sites (N-methyl/N-ethyl adjacent to an activating group) is 1. The zero-order valence-corrected chi connectivity index (χ0v) is 11.3. The maximum absolute atomic E-state index is 12.2. The molecule has 0 saturated carbocycles. The van der Waals surface area contributed by atoms with Gasteiger partial charge in [-0.25, -0.2) is 0 Å². The van der Waals surface area contributed by atoms with E-state index in [4.69, 9.17) is 0 Å². The summed E-state index contributed by atoms with van der Waals surface area (Å²) in [5, 5.41) is 3.30.